The Morgan fingerprint density at radius 3 is 1.07 bits per heavy atom. The van der Waals surface area contributed by atoms with Gasteiger partial charge in [0.25, 0.3) is 7.82 Å². The topological polar surface area (TPSA) is 185 Å². The van der Waals surface area contributed by atoms with Gasteiger partial charge in [0.2, 0.25) is 0 Å². The molecule has 0 saturated heterocycles. The molecule has 0 aromatic heterocycles. The third kappa shape index (κ3) is 11.2. The average molecular weight is 448 g/mol. The second kappa shape index (κ2) is 5.43. The predicted molar refractivity (Wildman–Crippen MR) is 25.0 cm³/mol. The van der Waals surface area contributed by atoms with Crippen molar-refractivity contribution in [3.63, 3.8) is 0 Å². The summed E-state index contributed by atoms with van der Waals surface area (Å²) < 4.78 is 34.7. The Labute approximate surface area is 91.6 Å². The van der Waals surface area contributed by atoms with Crippen LogP contribution in [0.15, 0.2) is 0 Å². The summed E-state index contributed by atoms with van der Waals surface area (Å²) in [6.45, 7) is 0. The normalized spacial score (nSPS) is 13.5. The van der Waals surface area contributed by atoms with Crippen molar-refractivity contribution in [3.8, 4) is 0 Å². The van der Waals surface area contributed by atoms with Crippen LogP contribution in [0.1, 0.15) is 0 Å². The monoisotopic (exact) mass is 448 g/mol. The zero-order valence-electron chi connectivity index (χ0n) is 5.74. The Morgan fingerprint density at radius 1 is 0.714 bits per heavy atom. The van der Waals surface area contributed by atoms with Crippen LogP contribution >= 0.6 is 23.5 Å². The zero-order valence-corrected chi connectivity index (χ0v) is 10.7. The van der Waals surface area contributed by atoms with Crippen molar-refractivity contribution in [1.82, 2.24) is 0 Å². The van der Waals surface area contributed by atoms with Crippen molar-refractivity contribution in [2.75, 3.05) is 0 Å². The van der Waals surface area contributed by atoms with Crippen molar-refractivity contribution in [3.05, 3.63) is 0 Å². The third-order valence-corrected chi connectivity index (χ3v) is 3.60. The van der Waals surface area contributed by atoms with Crippen LogP contribution in [0.2, 0.25) is 0 Å². The van der Waals surface area contributed by atoms with E-state index in [4.69, 9.17) is 0 Å². The summed E-state index contributed by atoms with van der Waals surface area (Å²) in [5.41, 5.74) is 0. The minimum Gasteiger partial charge on any atom is -0.790 e. The van der Waals surface area contributed by atoms with Crippen LogP contribution in [0.5, 0.6) is 0 Å². The van der Waals surface area contributed by atoms with Gasteiger partial charge in [-0.25, -0.2) is 0 Å². The molecule has 0 fully saturated rings. The van der Waals surface area contributed by atoms with E-state index in [1.807, 2.05) is 0 Å². The fourth-order valence-electron chi connectivity index (χ4n) is 0.260. The van der Waals surface area contributed by atoms with Gasteiger partial charge >= 0.3 is 0 Å². The van der Waals surface area contributed by atoms with Gasteiger partial charge in [-0.2, -0.15) is 0 Å². The molecule has 0 rings (SSSR count). The minimum absolute atomic E-state index is 0. The SMILES string of the molecule is O=P([O-])([O-])OP(=O)([O-])OP(=O)([O-])[O-].[Pt]. The summed E-state index contributed by atoms with van der Waals surface area (Å²) in [4.78, 5) is 48.6. The average Bonchev–Trinajstić information content (AvgIpc) is 1.43. The molecule has 0 bridgehead atoms. The molecule has 90 valence electrons. The Kier molecular flexibility index (Phi) is 6.79. The molecule has 0 amide bonds. The van der Waals surface area contributed by atoms with Crippen molar-refractivity contribution >= 4 is 23.5 Å². The molecule has 0 atom stereocenters. The van der Waals surface area contributed by atoms with Gasteiger partial charge in [-0.1, -0.05) is 0 Å². The smallest absolute Gasteiger partial charge is 0.275 e. The molecule has 0 aliphatic rings. The molecular formula is O10P3Pt-5. The Hall–Kier alpha value is 1.10. The fourth-order valence-corrected chi connectivity index (χ4v) is 2.61. The van der Waals surface area contributed by atoms with Gasteiger partial charge in [-0.05, 0) is 0 Å². The molecule has 0 N–H and O–H groups in total. The van der Waals surface area contributed by atoms with Crippen LogP contribution in [0.4, 0.5) is 0 Å². The molecular weight excluding hydrogens is 448 g/mol. The molecule has 0 aliphatic carbocycles. The first-order chi connectivity index (χ1) is 5.41. The first-order valence-electron chi connectivity index (χ1n) is 2.19. The molecule has 10 nitrogen and oxygen atoms in total. The van der Waals surface area contributed by atoms with E-state index >= 15 is 0 Å². The molecule has 0 aromatic carbocycles. The number of hydrogen-bond donors (Lipinski definition) is 0. The number of phosphoric acid groups is 3. The summed E-state index contributed by atoms with van der Waals surface area (Å²) >= 11 is 0. The fraction of sp³-hybridized carbons (Fsp3) is 0. The van der Waals surface area contributed by atoms with Crippen molar-refractivity contribution < 1.29 is 67.8 Å². The van der Waals surface area contributed by atoms with Crippen LogP contribution in [0.3, 0.4) is 0 Å². The molecule has 14 heteroatoms. The van der Waals surface area contributed by atoms with E-state index in [1.54, 1.807) is 0 Å². The van der Waals surface area contributed by atoms with E-state index in [0.717, 1.165) is 0 Å². The van der Waals surface area contributed by atoms with E-state index in [0.29, 0.717) is 0 Å². The van der Waals surface area contributed by atoms with Crippen molar-refractivity contribution in [2.45, 2.75) is 0 Å². The van der Waals surface area contributed by atoms with Gasteiger partial charge in [0, 0.05) is 21.1 Å². The van der Waals surface area contributed by atoms with Gasteiger partial charge in [0.15, 0.2) is 0 Å². The molecule has 0 aromatic rings. The van der Waals surface area contributed by atoms with Crippen molar-refractivity contribution in [1.29, 1.82) is 0 Å². The molecule has 14 heavy (non-hydrogen) atoms. The Morgan fingerprint density at radius 2 is 0.929 bits per heavy atom. The number of rotatable bonds is 4. The zero-order chi connectivity index (χ0) is 10.9. The quantitative estimate of drug-likeness (QED) is 0.386. The summed E-state index contributed by atoms with van der Waals surface area (Å²) in [5.74, 6) is 0. The Bertz CT molecular complexity index is 277. The predicted octanol–water partition coefficient (Wildman–Crippen LogP) is -3.86. The summed E-state index contributed by atoms with van der Waals surface area (Å²) in [5, 5.41) is 0. The minimum atomic E-state index is -5.97. The first kappa shape index (κ1) is 17.5. The molecule has 0 heterocycles. The van der Waals surface area contributed by atoms with Gasteiger partial charge in [-0.3, -0.25) is 13.2 Å². The van der Waals surface area contributed by atoms with Gasteiger partial charge in [0.1, 0.15) is 0 Å². The van der Waals surface area contributed by atoms with Crippen LogP contribution in [-0.2, 0) is 43.4 Å². The molecule has 0 unspecified atom stereocenters. The number of hydrogen-bond acceptors (Lipinski definition) is 10. The largest absolute Gasteiger partial charge is 0.790 e. The second-order valence-corrected chi connectivity index (χ2v) is 5.49. The van der Waals surface area contributed by atoms with Crippen LogP contribution in [-0.4, -0.2) is 0 Å². The van der Waals surface area contributed by atoms with Crippen LogP contribution < -0.4 is 24.5 Å². The standard InChI is InChI=1S/H5O10P3.Pt/c1-11(2,3)9-13(7,8)10-12(4,5)6;/h(H,7,8)(H2,1,2,3)(H2,4,5,6);/p-5. The molecule has 0 radical (unpaired) electrons. The first-order valence-corrected chi connectivity index (χ1v) is 6.57. The van der Waals surface area contributed by atoms with Crippen molar-refractivity contribution in [2.24, 2.45) is 0 Å². The maximum Gasteiger partial charge on any atom is 0.275 e. The molecule has 0 aliphatic heterocycles. The molecule has 0 spiro atoms. The maximum absolute atomic E-state index is 10.1. The van der Waals surface area contributed by atoms with Crippen LogP contribution in [0, 0.1) is 0 Å². The van der Waals surface area contributed by atoms with E-state index in [2.05, 4.69) is 8.62 Å². The summed E-state index contributed by atoms with van der Waals surface area (Å²) in [7, 11) is -17.9. The summed E-state index contributed by atoms with van der Waals surface area (Å²) in [6, 6.07) is 0. The molecule has 0 saturated carbocycles. The van der Waals surface area contributed by atoms with Crippen LogP contribution in [0.25, 0.3) is 0 Å². The van der Waals surface area contributed by atoms with E-state index in [1.165, 1.54) is 0 Å². The maximum atomic E-state index is 10.1. The third-order valence-electron chi connectivity index (χ3n) is 0.400. The van der Waals surface area contributed by atoms with Gasteiger partial charge in [-0.15, -0.1) is 0 Å². The van der Waals surface area contributed by atoms with Gasteiger partial charge in [0.05, 0.1) is 15.6 Å². The van der Waals surface area contributed by atoms with Gasteiger partial charge < -0.3 is 33.6 Å². The summed E-state index contributed by atoms with van der Waals surface area (Å²) in [6.07, 6.45) is 0. The van der Waals surface area contributed by atoms with E-state index in [9.17, 15) is 38.2 Å². The second-order valence-electron chi connectivity index (χ2n) is 1.50. The van der Waals surface area contributed by atoms with E-state index in [-0.39, 0.29) is 21.1 Å². The Balaban J connectivity index is 0. The van der Waals surface area contributed by atoms with E-state index < -0.39 is 23.5 Å².